The van der Waals surface area contributed by atoms with Gasteiger partial charge in [0.2, 0.25) is 0 Å². The van der Waals surface area contributed by atoms with Crippen molar-refractivity contribution in [2.45, 2.75) is 19.4 Å². The van der Waals surface area contributed by atoms with Crippen molar-refractivity contribution in [3.05, 3.63) is 64.3 Å². The number of nitrogens with one attached hydrogen (secondary N) is 2. The minimum atomic E-state index is -1.09. The highest BCUT2D eigenvalue weighted by Gasteiger charge is 2.22. The van der Waals surface area contributed by atoms with Gasteiger partial charge in [-0.15, -0.1) is 0 Å². The quantitative estimate of drug-likeness (QED) is 0.535. The number of carboxylic acid groups (broad SMARTS) is 1. The van der Waals surface area contributed by atoms with Crippen LogP contribution in [0.1, 0.15) is 11.1 Å². The molecule has 0 saturated carbocycles. The number of rotatable bonds is 7. The topological polar surface area (TPSA) is 91.4 Å². The van der Waals surface area contributed by atoms with Gasteiger partial charge in [0.15, 0.2) is 6.61 Å². The second-order valence-corrected chi connectivity index (χ2v) is 7.10. The molecule has 3 rings (SSSR count). The second kappa shape index (κ2) is 8.26. The number of aromatic amines is 1. The molecule has 0 aliphatic carbocycles. The summed E-state index contributed by atoms with van der Waals surface area (Å²) in [5.74, 6) is -1.06. The van der Waals surface area contributed by atoms with Crippen LogP contribution in [0.5, 0.6) is 5.75 Å². The summed E-state index contributed by atoms with van der Waals surface area (Å²) in [6, 6.07) is 12.1. The van der Waals surface area contributed by atoms with Crippen molar-refractivity contribution in [2.75, 3.05) is 6.61 Å². The normalized spacial score (nSPS) is 11.9. The van der Waals surface area contributed by atoms with Gasteiger partial charge in [0.05, 0.1) is 4.47 Å². The van der Waals surface area contributed by atoms with Crippen LogP contribution in [0.3, 0.4) is 0 Å². The Kier molecular flexibility index (Phi) is 5.81. The molecule has 0 saturated heterocycles. The van der Waals surface area contributed by atoms with Gasteiger partial charge >= 0.3 is 5.97 Å². The van der Waals surface area contributed by atoms with Crippen LogP contribution in [-0.4, -0.2) is 34.6 Å². The first-order valence-electron chi connectivity index (χ1n) is 8.40. The average molecular weight is 431 g/mol. The van der Waals surface area contributed by atoms with Gasteiger partial charge in [-0.1, -0.05) is 24.3 Å². The molecule has 3 N–H and O–H groups in total. The lowest BCUT2D eigenvalue weighted by Gasteiger charge is -2.15. The minimum absolute atomic E-state index is 0.180. The van der Waals surface area contributed by atoms with Gasteiger partial charge in [0.25, 0.3) is 5.91 Å². The molecule has 7 heteroatoms. The van der Waals surface area contributed by atoms with Gasteiger partial charge in [0, 0.05) is 23.5 Å². The van der Waals surface area contributed by atoms with Crippen molar-refractivity contribution in [2.24, 2.45) is 0 Å². The summed E-state index contributed by atoms with van der Waals surface area (Å²) in [5, 5.41) is 12.9. The third kappa shape index (κ3) is 4.68. The predicted molar refractivity (Wildman–Crippen MR) is 106 cm³/mol. The molecule has 0 radical (unpaired) electrons. The zero-order valence-corrected chi connectivity index (χ0v) is 16.2. The summed E-state index contributed by atoms with van der Waals surface area (Å²) in [7, 11) is 0. The molecule has 1 heterocycles. The smallest absolute Gasteiger partial charge is 0.326 e. The van der Waals surface area contributed by atoms with Crippen LogP contribution >= 0.6 is 15.9 Å². The maximum Gasteiger partial charge on any atom is 0.326 e. The number of H-pyrrole nitrogens is 1. The fourth-order valence-electron chi connectivity index (χ4n) is 2.82. The Morgan fingerprint density at radius 2 is 2.04 bits per heavy atom. The van der Waals surface area contributed by atoms with Crippen LogP contribution in [0.25, 0.3) is 10.9 Å². The Morgan fingerprint density at radius 3 is 2.78 bits per heavy atom. The summed E-state index contributed by atoms with van der Waals surface area (Å²) in [4.78, 5) is 26.9. The lowest BCUT2D eigenvalue weighted by molar-refractivity contribution is -0.142. The zero-order valence-electron chi connectivity index (χ0n) is 14.7. The molecule has 1 atom stereocenters. The van der Waals surface area contributed by atoms with Crippen molar-refractivity contribution >= 4 is 38.7 Å². The van der Waals surface area contributed by atoms with E-state index in [1.807, 2.05) is 43.3 Å². The molecule has 1 unspecified atom stereocenters. The Hall–Kier alpha value is -2.80. The number of halogens is 1. The lowest BCUT2D eigenvalue weighted by atomic mass is 10.1. The fourth-order valence-corrected chi connectivity index (χ4v) is 3.43. The SMILES string of the molecule is Cc1ccc(OCC(=O)NC(Cc2c[nH]c3ccccc23)C(=O)O)c(Br)c1. The summed E-state index contributed by atoms with van der Waals surface area (Å²) in [5.41, 5.74) is 2.82. The number of para-hydroxylation sites is 1. The van der Waals surface area contributed by atoms with Gasteiger partial charge in [-0.2, -0.15) is 0 Å². The number of carbonyl (C=O) groups is 2. The molecular formula is C20H19BrN2O4. The van der Waals surface area contributed by atoms with Crippen molar-refractivity contribution in [1.82, 2.24) is 10.3 Å². The molecule has 6 nitrogen and oxygen atoms in total. The van der Waals surface area contributed by atoms with E-state index in [1.165, 1.54) is 0 Å². The molecule has 1 aromatic heterocycles. The summed E-state index contributed by atoms with van der Waals surface area (Å²) >= 11 is 3.38. The van der Waals surface area contributed by atoms with Gasteiger partial charge in [-0.3, -0.25) is 4.79 Å². The van der Waals surface area contributed by atoms with E-state index in [0.29, 0.717) is 5.75 Å². The summed E-state index contributed by atoms with van der Waals surface area (Å²) in [6.07, 6.45) is 1.95. The minimum Gasteiger partial charge on any atom is -0.483 e. The fraction of sp³-hybridized carbons (Fsp3) is 0.200. The predicted octanol–water partition coefficient (Wildman–Crippen LogP) is 3.43. The van der Waals surface area contributed by atoms with E-state index < -0.39 is 17.9 Å². The maximum absolute atomic E-state index is 12.2. The number of hydrogen-bond donors (Lipinski definition) is 3. The van der Waals surface area contributed by atoms with Gasteiger partial charge < -0.3 is 20.1 Å². The number of carboxylic acids is 1. The molecule has 1 amide bonds. The largest absolute Gasteiger partial charge is 0.483 e. The van der Waals surface area contributed by atoms with E-state index in [4.69, 9.17) is 4.74 Å². The Labute approximate surface area is 164 Å². The number of aliphatic carboxylic acids is 1. The molecule has 3 aromatic rings. The van der Waals surface area contributed by atoms with Crippen molar-refractivity contribution < 1.29 is 19.4 Å². The third-order valence-electron chi connectivity index (χ3n) is 4.18. The number of hydrogen-bond acceptors (Lipinski definition) is 3. The Bertz CT molecular complexity index is 983. The number of aromatic nitrogens is 1. The highest BCUT2D eigenvalue weighted by atomic mass is 79.9. The average Bonchev–Trinajstić information content (AvgIpc) is 3.03. The molecular weight excluding hydrogens is 412 g/mol. The van der Waals surface area contributed by atoms with Crippen LogP contribution in [0.2, 0.25) is 0 Å². The van der Waals surface area contributed by atoms with Crippen molar-refractivity contribution in [3.8, 4) is 5.75 Å². The van der Waals surface area contributed by atoms with E-state index in [1.54, 1.807) is 12.3 Å². The Balaban J connectivity index is 1.63. The summed E-state index contributed by atoms with van der Waals surface area (Å²) in [6.45, 7) is 1.68. The molecule has 0 aliphatic rings. The molecule has 0 aliphatic heterocycles. The van der Waals surface area contributed by atoms with E-state index >= 15 is 0 Å². The molecule has 27 heavy (non-hydrogen) atoms. The standard InChI is InChI=1S/C20H19BrN2O4/c1-12-6-7-18(15(21)8-12)27-11-19(24)23-17(20(25)26)9-13-10-22-16-5-3-2-4-14(13)16/h2-8,10,17,22H,9,11H2,1H3,(H,23,24)(H,25,26). The Morgan fingerprint density at radius 1 is 1.26 bits per heavy atom. The second-order valence-electron chi connectivity index (χ2n) is 6.24. The van der Waals surface area contributed by atoms with Gasteiger partial charge in [-0.25, -0.2) is 4.79 Å². The number of ether oxygens (including phenoxy) is 1. The molecule has 0 spiro atoms. The monoisotopic (exact) mass is 430 g/mol. The number of amides is 1. The van der Waals surface area contributed by atoms with Crippen LogP contribution in [0, 0.1) is 6.92 Å². The third-order valence-corrected chi connectivity index (χ3v) is 4.80. The van der Waals surface area contributed by atoms with Crippen molar-refractivity contribution in [1.29, 1.82) is 0 Å². The van der Waals surface area contributed by atoms with Crippen LogP contribution < -0.4 is 10.1 Å². The van der Waals surface area contributed by atoms with E-state index in [0.717, 1.165) is 26.5 Å². The van der Waals surface area contributed by atoms with Crippen LogP contribution in [0.4, 0.5) is 0 Å². The van der Waals surface area contributed by atoms with Gasteiger partial charge in [0.1, 0.15) is 11.8 Å². The van der Waals surface area contributed by atoms with E-state index in [-0.39, 0.29) is 13.0 Å². The number of carbonyl (C=O) groups excluding carboxylic acids is 1. The lowest BCUT2D eigenvalue weighted by Crippen LogP contribution is -2.44. The van der Waals surface area contributed by atoms with E-state index in [2.05, 4.69) is 26.2 Å². The van der Waals surface area contributed by atoms with Crippen LogP contribution in [0.15, 0.2) is 53.1 Å². The first-order valence-corrected chi connectivity index (χ1v) is 9.19. The molecule has 2 aromatic carbocycles. The maximum atomic E-state index is 12.2. The highest BCUT2D eigenvalue weighted by molar-refractivity contribution is 9.10. The summed E-state index contributed by atoms with van der Waals surface area (Å²) < 4.78 is 6.22. The van der Waals surface area contributed by atoms with Crippen LogP contribution in [-0.2, 0) is 16.0 Å². The number of fused-ring (bicyclic) bond motifs is 1. The molecule has 0 bridgehead atoms. The first kappa shape index (κ1) is 19.0. The number of aryl methyl sites for hydroxylation is 1. The highest BCUT2D eigenvalue weighted by Crippen LogP contribution is 2.25. The first-order chi connectivity index (χ1) is 12.9. The van der Waals surface area contributed by atoms with Gasteiger partial charge in [-0.05, 0) is 52.2 Å². The molecule has 140 valence electrons. The number of benzene rings is 2. The van der Waals surface area contributed by atoms with Crippen molar-refractivity contribution in [3.63, 3.8) is 0 Å². The molecule has 0 fully saturated rings. The van der Waals surface area contributed by atoms with E-state index in [9.17, 15) is 14.7 Å². The zero-order chi connectivity index (χ0) is 19.4.